The van der Waals surface area contributed by atoms with Gasteiger partial charge in [0.1, 0.15) is 0 Å². The monoisotopic (exact) mass is 269 g/mol. The van der Waals surface area contributed by atoms with Gasteiger partial charge >= 0.3 is 0 Å². The summed E-state index contributed by atoms with van der Waals surface area (Å²) in [7, 11) is 0. The maximum absolute atomic E-state index is 10.5. The molecule has 0 aliphatic carbocycles. The van der Waals surface area contributed by atoms with Gasteiger partial charge in [0.2, 0.25) is 0 Å². The van der Waals surface area contributed by atoms with Crippen molar-refractivity contribution < 1.29 is 4.92 Å². The molecule has 0 fully saturated rings. The summed E-state index contributed by atoms with van der Waals surface area (Å²) in [5.41, 5.74) is 2.02. The Morgan fingerprint density at radius 2 is 1.80 bits per heavy atom. The predicted molar refractivity (Wildman–Crippen MR) is 80.5 cm³/mol. The third kappa shape index (κ3) is 4.20. The molecule has 2 rings (SSSR count). The van der Waals surface area contributed by atoms with Gasteiger partial charge in [-0.3, -0.25) is 15.1 Å². The van der Waals surface area contributed by atoms with Gasteiger partial charge in [0, 0.05) is 30.6 Å². The molecular weight excluding hydrogens is 254 g/mol. The van der Waals surface area contributed by atoms with Crippen molar-refractivity contribution in [1.29, 1.82) is 0 Å². The number of nitrogens with zero attached hydrogens (tertiary/aromatic N) is 2. The zero-order valence-corrected chi connectivity index (χ0v) is 10.9. The zero-order chi connectivity index (χ0) is 14.2. The number of para-hydroxylation sites is 1. The minimum Gasteiger partial charge on any atom is -0.383 e. The van der Waals surface area contributed by atoms with Crippen molar-refractivity contribution >= 4 is 17.6 Å². The van der Waals surface area contributed by atoms with E-state index in [1.165, 1.54) is 12.1 Å². The van der Waals surface area contributed by atoms with Crippen LogP contribution in [-0.2, 0) is 0 Å². The number of nitro benzene ring substituents is 1. The first kappa shape index (κ1) is 13.7. The molecule has 0 bridgehead atoms. The number of nitro groups is 1. The van der Waals surface area contributed by atoms with Gasteiger partial charge in [-0.05, 0) is 29.8 Å². The standard InChI is InChI=1S/C15H15N3O2/c19-18(20)15-8-6-13(7-9-15)12-16-10-11-17-14-4-2-1-3-5-14/h1-9,12,17H,10-11H2. The van der Waals surface area contributed by atoms with Gasteiger partial charge in [-0.15, -0.1) is 0 Å². The Morgan fingerprint density at radius 1 is 1.10 bits per heavy atom. The average Bonchev–Trinajstić information content (AvgIpc) is 2.48. The molecule has 2 aromatic rings. The molecule has 1 N–H and O–H groups in total. The van der Waals surface area contributed by atoms with Crippen molar-refractivity contribution in [2.45, 2.75) is 0 Å². The number of hydrogen-bond acceptors (Lipinski definition) is 4. The summed E-state index contributed by atoms with van der Waals surface area (Å²) in [4.78, 5) is 14.4. The zero-order valence-electron chi connectivity index (χ0n) is 10.9. The number of hydrogen-bond donors (Lipinski definition) is 1. The highest BCUT2D eigenvalue weighted by Gasteiger charge is 2.02. The Bertz CT molecular complexity index is 580. The van der Waals surface area contributed by atoms with Crippen molar-refractivity contribution in [2.24, 2.45) is 4.99 Å². The van der Waals surface area contributed by atoms with Gasteiger partial charge in [0.15, 0.2) is 0 Å². The van der Waals surface area contributed by atoms with Gasteiger partial charge < -0.3 is 5.32 Å². The molecular formula is C15H15N3O2. The lowest BCUT2D eigenvalue weighted by Crippen LogP contribution is -2.04. The largest absolute Gasteiger partial charge is 0.383 e. The molecule has 0 radical (unpaired) electrons. The smallest absolute Gasteiger partial charge is 0.269 e. The van der Waals surface area contributed by atoms with E-state index in [1.54, 1.807) is 18.3 Å². The van der Waals surface area contributed by atoms with Crippen LogP contribution >= 0.6 is 0 Å². The molecule has 0 unspecified atom stereocenters. The molecule has 0 saturated carbocycles. The van der Waals surface area contributed by atoms with E-state index in [0.29, 0.717) is 6.54 Å². The second-order valence-corrected chi connectivity index (χ2v) is 4.18. The fourth-order valence-corrected chi connectivity index (χ4v) is 1.67. The molecule has 0 heterocycles. The fraction of sp³-hybridized carbons (Fsp3) is 0.133. The van der Waals surface area contributed by atoms with E-state index >= 15 is 0 Å². The maximum Gasteiger partial charge on any atom is 0.269 e. The number of anilines is 1. The summed E-state index contributed by atoms with van der Waals surface area (Å²) in [6.07, 6.45) is 1.72. The van der Waals surface area contributed by atoms with Gasteiger partial charge in [-0.25, -0.2) is 0 Å². The van der Waals surface area contributed by atoms with Gasteiger partial charge in [-0.1, -0.05) is 18.2 Å². The topological polar surface area (TPSA) is 67.5 Å². The fourth-order valence-electron chi connectivity index (χ4n) is 1.67. The van der Waals surface area contributed by atoms with E-state index in [2.05, 4.69) is 10.3 Å². The van der Waals surface area contributed by atoms with E-state index in [-0.39, 0.29) is 5.69 Å². The first-order chi connectivity index (χ1) is 9.75. The number of nitrogens with one attached hydrogen (secondary N) is 1. The summed E-state index contributed by atoms with van der Waals surface area (Å²) in [6, 6.07) is 16.2. The van der Waals surface area contributed by atoms with E-state index < -0.39 is 4.92 Å². The average molecular weight is 269 g/mol. The lowest BCUT2D eigenvalue weighted by atomic mass is 10.2. The highest BCUT2D eigenvalue weighted by molar-refractivity contribution is 5.79. The van der Waals surface area contributed by atoms with Crippen LogP contribution in [0.2, 0.25) is 0 Å². The molecule has 0 atom stereocenters. The molecule has 5 nitrogen and oxygen atoms in total. The van der Waals surface area contributed by atoms with Crippen molar-refractivity contribution in [2.75, 3.05) is 18.4 Å². The summed E-state index contributed by atoms with van der Waals surface area (Å²) < 4.78 is 0. The second-order valence-electron chi connectivity index (χ2n) is 4.18. The molecule has 0 aromatic heterocycles. The Balaban J connectivity index is 1.77. The molecule has 0 spiro atoms. The molecule has 5 heteroatoms. The Hall–Kier alpha value is -2.69. The van der Waals surface area contributed by atoms with Crippen LogP contribution in [0.1, 0.15) is 5.56 Å². The van der Waals surface area contributed by atoms with E-state index in [4.69, 9.17) is 0 Å². The van der Waals surface area contributed by atoms with Crippen LogP contribution in [0.25, 0.3) is 0 Å². The number of rotatable bonds is 6. The van der Waals surface area contributed by atoms with Crippen LogP contribution in [0.5, 0.6) is 0 Å². The van der Waals surface area contributed by atoms with Crippen molar-refractivity contribution in [3.8, 4) is 0 Å². The van der Waals surface area contributed by atoms with Crippen LogP contribution in [-0.4, -0.2) is 24.2 Å². The van der Waals surface area contributed by atoms with Crippen LogP contribution in [0, 0.1) is 10.1 Å². The van der Waals surface area contributed by atoms with E-state index in [9.17, 15) is 10.1 Å². The first-order valence-corrected chi connectivity index (χ1v) is 6.29. The minimum absolute atomic E-state index is 0.0906. The maximum atomic E-state index is 10.5. The third-order valence-electron chi connectivity index (χ3n) is 2.69. The van der Waals surface area contributed by atoms with Crippen LogP contribution in [0.15, 0.2) is 59.6 Å². The van der Waals surface area contributed by atoms with Crippen LogP contribution in [0.3, 0.4) is 0 Å². The predicted octanol–water partition coefficient (Wildman–Crippen LogP) is 3.13. The lowest BCUT2D eigenvalue weighted by molar-refractivity contribution is -0.384. The summed E-state index contributed by atoms with van der Waals surface area (Å²) in [5, 5.41) is 13.8. The molecule has 0 saturated heterocycles. The highest BCUT2D eigenvalue weighted by Crippen LogP contribution is 2.10. The Morgan fingerprint density at radius 3 is 2.45 bits per heavy atom. The molecule has 102 valence electrons. The van der Waals surface area contributed by atoms with E-state index in [1.807, 2.05) is 30.3 Å². The quantitative estimate of drug-likeness (QED) is 0.379. The number of non-ortho nitro benzene ring substituents is 1. The van der Waals surface area contributed by atoms with Crippen LogP contribution in [0.4, 0.5) is 11.4 Å². The SMILES string of the molecule is O=[N+]([O-])c1ccc(C=NCCNc2ccccc2)cc1. The summed E-state index contributed by atoms with van der Waals surface area (Å²) in [5.74, 6) is 0. The Kier molecular flexibility index (Phi) is 4.83. The Labute approximate surface area is 117 Å². The van der Waals surface area contributed by atoms with E-state index in [0.717, 1.165) is 17.8 Å². The second kappa shape index (κ2) is 7.04. The normalized spacial score (nSPS) is 10.6. The molecule has 0 aliphatic rings. The lowest BCUT2D eigenvalue weighted by Gasteiger charge is -2.02. The van der Waals surface area contributed by atoms with Gasteiger partial charge in [-0.2, -0.15) is 0 Å². The van der Waals surface area contributed by atoms with Crippen molar-refractivity contribution in [3.05, 3.63) is 70.3 Å². The molecule has 2 aromatic carbocycles. The molecule has 0 amide bonds. The third-order valence-corrected chi connectivity index (χ3v) is 2.69. The highest BCUT2D eigenvalue weighted by atomic mass is 16.6. The van der Waals surface area contributed by atoms with Gasteiger partial charge in [0.05, 0.1) is 11.5 Å². The van der Waals surface area contributed by atoms with Crippen molar-refractivity contribution in [1.82, 2.24) is 0 Å². The van der Waals surface area contributed by atoms with Crippen molar-refractivity contribution in [3.63, 3.8) is 0 Å². The van der Waals surface area contributed by atoms with Gasteiger partial charge in [0.25, 0.3) is 5.69 Å². The summed E-state index contributed by atoms with van der Waals surface area (Å²) in [6.45, 7) is 1.39. The van der Waals surface area contributed by atoms with Crippen LogP contribution < -0.4 is 5.32 Å². The number of aliphatic imine (C=N–C) groups is 1. The first-order valence-electron chi connectivity index (χ1n) is 6.29. The number of benzene rings is 2. The molecule has 20 heavy (non-hydrogen) atoms. The minimum atomic E-state index is -0.412. The summed E-state index contributed by atoms with van der Waals surface area (Å²) >= 11 is 0. The molecule has 0 aliphatic heterocycles.